The smallest absolute Gasteiger partial charge is 0.244 e. The molecule has 5 nitrogen and oxygen atoms in total. The summed E-state index contributed by atoms with van der Waals surface area (Å²) in [6.07, 6.45) is 5.78. The molecule has 1 fully saturated rings. The number of rotatable bonds is 6. The van der Waals surface area contributed by atoms with Crippen molar-refractivity contribution in [3.05, 3.63) is 30.3 Å². The second-order valence-corrected chi connectivity index (χ2v) is 7.67. The largest absolute Gasteiger partial charge is 0.352 e. The van der Waals surface area contributed by atoms with E-state index < -0.39 is 16.1 Å². The first kappa shape index (κ1) is 16.8. The third-order valence-corrected chi connectivity index (χ3v) is 5.22. The van der Waals surface area contributed by atoms with Gasteiger partial charge in [-0.1, -0.05) is 38.0 Å². The van der Waals surface area contributed by atoms with Gasteiger partial charge in [-0.3, -0.25) is 9.10 Å². The van der Waals surface area contributed by atoms with Gasteiger partial charge < -0.3 is 5.32 Å². The average Bonchev–Trinajstić information content (AvgIpc) is 2.96. The zero-order chi connectivity index (χ0) is 16.2. The van der Waals surface area contributed by atoms with Crippen molar-refractivity contribution >= 4 is 21.6 Å². The van der Waals surface area contributed by atoms with Crippen LogP contribution in [0.5, 0.6) is 0 Å². The number of anilines is 1. The summed E-state index contributed by atoms with van der Waals surface area (Å²) >= 11 is 0. The van der Waals surface area contributed by atoms with Gasteiger partial charge in [0.2, 0.25) is 15.9 Å². The number of carbonyl (C=O) groups excluding carboxylic acids is 1. The number of sulfonamides is 1. The molecule has 22 heavy (non-hydrogen) atoms. The van der Waals surface area contributed by atoms with Crippen molar-refractivity contribution in [1.82, 2.24) is 5.32 Å². The summed E-state index contributed by atoms with van der Waals surface area (Å²) in [6, 6.07) is 8.27. The molecule has 1 aromatic rings. The Balaban J connectivity index is 2.25. The van der Waals surface area contributed by atoms with Crippen molar-refractivity contribution in [2.75, 3.05) is 10.6 Å². The van der Waals surface area contributed by atoms with E-state index in [1.54, 1.807) is 24.3 Å². The van der Waals surface area contributed by atoms with Crippen LogP contribution in [0.15, 0.2) is 30.3 Å². The second-order valence-electron chi connectivity index (χ2n) is 5.81. The van der Waals surface area contributed by atoms with E-state index in [-0.39, 0.29) is 11.9 Å². The Morgan fingerprint density at radius 3 is 2.36 bits per heavy atom. The number of hydrogen-bond donors (Lipinski definition) is 1. The highest BCUT2D eigenvalue weighted by Gasteiger charge is 2.32. The number of carbonyl (C=O) groups is 1. The Labute approximate surface area is 132 Å². The van der Waals surface area contributed by atoms with Crippen LogP contribution in [0, 0.1) is 0 Å². The topological polar surface area (TPSA) is 66.5 Å². The van der Waals surface area contributed by atoms with E-state index >= 15 is 0 Å². The molecule has 1 aromatic carbocycles. The van der Waals surface area contributed by atoms with E-state index in [9.17, 15) is 13.2 Å². The lowest BCUT2D eigenvalue weighted by molar-refractivity contribution is -0.122. The van der Waals surface area contributed by atoms with Gasteiger partial charge in [0.05, 0.1) is 11.9 Å². The molecule has 0 bridgehead atoms. The molecule has 0 aromatic heterocycles. The first-order valence-electron chi connectivity index (χ1n) is 7.78. The first-order valence-corrected chi connectivity index (χ1v) is 9.63. The van der Waals surface area contributed by atoms with Crippen molar-refractivity contribution in [1.29, 1.82) is 0 Å². The molecule has 1 amide bonds. The van der Waals surface area contributed by atoms with E-state index in [0.717, 1.165) is 31.9 Å². The van der Waals surface area contributed by atoms with Gasteiger partial charge in [0.15, 0.2) is 0 Å². The fraction of sp³-hybridized carbons (Fsp3) is 0.562. The minimum atomic E-state index is -3.54. The molecule has 1 saturated carbocycles. The SMILES string of the molecule is CC[C@H](C(=O)NC1CCCC1)N(c1ccccc1)S(C)(=O)=O. The lowest BCUT2D eigenvalue weighted by atomic mass is 10.1. The molecule has 0 unspecified atom stereocenters. The third kappa shape index (κ3) is 4.00. The molecule has 0 saturated heterocycles. The third-order valence-electron chi connectivity index (χ3n) is 4.04. The Hall–Kier alpha value is -1.56. The Morgan fingerprint density at radius 2 is 1.86 bits per heavy atom. The Bertz CT molecular complexity index is 595. The number of benzene rings is 1. The predicted octanol–water partition coefficient (Wildman–Crippen LogP) is 2.29. The van der Waals surface area contributed by atoms with Crippen molar-refractivity contribution in [2.24, 2.45) is 0 Å². The highest BCUT2D eigenvalue weighted by Crippen LogP contribution is 2.23. The van der Waals surface area contributed by atoms with Crippen LogP contribution in [0.4, 0.5) is 5.69 Å². The van der Waals surface area contributed by atoms with Crippen LogP contribution < -0.4 is 9.62 Å². The van der Waals surface area contributed by atoms with Crippen molar-refractivity contribution in [3.63, 3.8) is 0 Å². The first-order chi connectivity index (χ1) is 10.4. The molecule has 0 spiro atoms. The number of hydrogen-bond acceptors (Lipinski definition) is 3. The number of nitrogens with one attached hydrogen (secondary N) is 1. The van der Waals surface area contributed by atoms with Gasteiger partial charge in [0, 0.05) is 6.04 Å². The molecule has 2 rings (SSSR count). The number of amides is 1. The van der Waals surface area contributed by atoms with E-state index in [0.29, 0.717) is 12.1 Å². The minimum absolute atomic E-state index is 0.179. The van der Waals surface area contributed by atoms with Gasteiger partial charge in [-0.25, -0.2) is 8.42 Å². The maximum absolute atomic E-state index is 12.6. The highest BCUT2D eigenvalue weighted by molar-refractivity contribution is 7.92. The lowest BCUT2D eigenvalue weighted by Crippen LogP contribution is -2.51. The van der Waals surface area contributed by atoms with Gasteiger partial charge in [-0.05, 0) is 31.4 Å². The van der Waals surface area contributed by atoms with Crippen LogP contribution >= 0.6 is 0 Å². The molecule has 6 heteroatoms. The van der Waals surface area contributed by atoms with E-state index in [1.165, 1.54) is 4.31 Å². The zero-order valence-corrected chi connectivity index (χ0v) is 14.0. The molecule has 1 atom stereocenters. The molecule has 0 aliphatic heterocycles. The van der Waals surface area contributed by atoms with Crippen molar-refractivity contribution in [3.8, 4) is 0 Å². The monoisotopic (exact) mass is 324 g/mol. The van der Waals surface area contributed by atoms with Gasteiger partial charge >= 0.3 is 0 Å². The van der Waals surface area contributed by atoms with Crippen LogP contribution in [0.25, 0.3) is 0 Å². The maximum Gasteiger partial charge on any atom is 0.244 e. The van der Waals surface area contributed by atoms with Gasteiger partial charge in [0.1, 0.15) is 6.04 Å². The van der Waals surface area contributed by atoms with Crippen LogP contribution in [0.1, 0.15) is 39.0 Å². The second kappa shape index (κ2) is 7.13. The fourth-order valence-electron chi connectivity index (χ4n) is 3.00. The molecule has 1 aliphatic rings. The molecule has 1 N–H and O–H groups in total. The number of nitrogens with zero attached hydrogens (tertiary/aromatic N) is 1. The average molecular weight is 324 g/mol. The van der Waals surface area contributed by atoms with Crippen LogP contribution in [0.3, 0.4) is 0 Å². The summed E-state index contributed by atoms with van der Waals surface area (Å²) in [6.45, 7) is 1.83. The van der Waals surface area contributed by atoms with E-state index in [2.05, 4.69) is 5.32 Å². The number of para-hydroxylation sites is 1. The minimum Gasteiger partial charge on any atom is -0.352 e. The maximum atomic E-state index is 12.6. The quantitative estimate of drug-likeness (QED) is 0.873. The van der Waals surface area contributed by atoms with Crippen LogP contribution in [0.2, 0.25) is 0 Å². The summed E-state index contributed by atoms with van der Waals surface area (Å²) in [4.78, 5) is 12.6. The molecular formula is C16H24N2O3S. The molecule has 0 radical (unpaired) electrons. The van der Waals surface area contributed by atoms with Gasteiger partial charge in [0.25, 0.3) is 0 Å². The molecule has 1 aliphatic carbocycles. The Morgan fingerprint density at radius 1 is 1.27 bits per heavy atom. The molecule has 0 heterocycles. The van der Waals surface area contributed by atoms with E-state index in [1.807, 2.05) is 13.0 Å². The summed E-state index contributed by atoms with van der Waals surface area (Å²) < 4.78 is 25.7. The summed E-state index contributed by atoms with van der Waals surface area (Å²) in [5.74, 6) is -0.205. The normalized spacial score (nSPS) is 17.2. The van der Waals surface area contributed by atoms with Crippen LogP contribution in [-0.2, 0) is 14.8 Å². The highest BCUT2D eigenvalue weighted by atomic mass is 32.2. The zero-order valence-electron chi connectivity index (χ0n) is 13.2. The van der Waals surface area contributed by atoms with Crippen molar-refractivity contribution in [2.45, 2.75) is 51.1 Å². The Kier molecular flexibility index (Phi) is 5.45. The molecular weight excluding hydrogens is 300 g/mol. The van der Waals surface area contributed by atoms with Crippen molar-refractivity contribution < 1.29 is 13.2 Å². The van der Waals surface area contributed by atoms with E-state index in [4.69, 9.17) is 0 Å². The molecule has 122 valence electrons. The predicted molar refractivity (Wildman–Crippen MR) is 88.2 cm³/mol. The van der Waals surface area contributed by atoms with Gasteiger partial charge in [-0.15, -0.1) is 0 Å². The lowest BCUT2D eigenvalue weighted by Gasteiger charge is -2.31. The van der Waals surface area contributed by atoms with Crippen LogP contribution in [-0.4, -0.2) is 32.7 Å². The van der Waals surface area contributed by atoms with Gasteiger partial charge in [-0.2, -0.15) is 0 Å². The summed E-state index contributed by atoms with van der Waals surface area (Å²) in [5.41, 5.74) is 0.526. The summed E-state index contributed by atoms with van der Waals surface area (Å²) in [7, 11) is -3.54. The standard InChI is InChI=1S/C16H24N2O3S/c1-3-15(16(19)17-13-9-7-8-10-13)18(22(2,20)21)14-11-5-4-6-12-14/h4-6,11-13,15H,3,7-10H2,1-2H3,(H,17,19)/t15-/m1/s1. The summed E-state index contributed by atoms with van der Waals surface area (Å²) in [5, 5.41) is 3.01. The fourth-order valence-corrected chi connectivity index (χ4v) is 4.21.